The average molecular weight is 264 g/mol. The van der Waals surface area contributed by atoms with E-state index in [0.717, 1.165) is 6.42 Å². The molecule has 0 radical (unpaired) electrons. The van der Waals surface area contributed by atoms with Gasteiger partial charge in [0.15, 0.2) is 6.04 Å². The third kappa shape index (κ3) is 4.37. The van der Waals surface area contributed by atoms with Crippen LogP contribution in [0.25, 0.3) is 0 Å². The molecule has 1 aromatic carbocycles. The molecule has 0 bridgehead atoms. The molecular weight excluding hydrogens is 244 g/mol. The minimum atomic E-state index is -0.818. The van der Waals surface area contributed by atoms with E-state index in [4.69, 9.17) is 10.5 Å². The minimum absolute atomic E-state index is 0.346. The number of carbonyl (C=O) groups is 2. The van der Waals surface area contributed by atoms with Crippen LogP contribution in [0.1, 0.15) is 31.4 Å². The molecule has 0 spiro atoms. The van der Waals surface area contributed by atoms with Gasteiger partial charge < -0.3 is 15.8 Å². The number of esters is 1. The lowest BCUT2D eigenvalue weighted by Gasteiger charge is -2.19. The van der Waals surface area contributed by atoms with Crippen molar-refractivity contribution in [2.24, 2.45) is 5.73 Å². The fraction of sp³-hybridized carbons (Fsp3) is 0.429. The summed E-state index contributed by atoms with van der Waals surface area (Å²) in [4.78, 5) is 23.6. The molecule has 3 N–H and O–H groups in total. The van der Waals surface area contributed by atoms with Crippen LogP contribution in [0.4, 0.5) is 0 Å². The number of nitrogens with one attached hydrogen (secondary N) is 1. The highest BCUT2D eigenvalue weighted by Crippen LogP contribution is 2.14. The molecule has 0 saturated carbocycles. The second-order valence-corrected chi connectivity index (χ2v) is 4.27. The van der Waals surface area contributed by atoms with Crippen molar-refractivity contribution in [2.75, 3.05) is 7.11 Å². The summed E-state index contributed by atoms with van der Waals surface area (Å²) in [6, 6.07) is 7.51. The summed E-state index contributed by atoms with van der Waals surface area (Å²) in [5, 5.41) is 2.63. The minimum Gasteiger partial charge on any atom is -0.467 e. The number of hydrogen-bond donors (Lipinski definition) is 2. The lowest BCUT2D eigenvalue weighted by atomic mass is 10.1. The van der Waals surface area contributed by atoms with Crippen LogP contribution in [-0.2, 0) is 14.3 Å². The number of benzene rings is 1. The van der Waals surface area contributed by atoms with Gasteiger partial charge in [-0.2, -0.15) is 0 Å². The number of carbonyl (C=O) groups excluding carboxylic acids is 2. The molecule has 0 heterocycles. The van der Waals surface area contributed by atoms with Crippen molar-refractivity contribution >= 4 is 11.9 Å². The summed E-state index contributed by atoms with van der Waals surface area (Å²) in [6.45, 7) is 1.95. The summed E-state index contributed by atoms with van der Waals surface area (Å²) in [7, 11) is 1.29. The maximum atomic E-state index is 11.9. The standard InChI is InChI=1S/C14H20N2O3/c1-3-7-11(15)13(17)16-12(14(18)19-2)10-8-5-4-6-9-10/h4-6,8-9,11-12H,3,7,15H2,1-2H3,(H,16,17). The van der Waals surface area contributed by atoms with Gasteiger partial charge in [0.25, 0.3) is 0 Å². The third-order valence-electron chi connectivity index (χ3n) is 2.79. The lowest BCUT2D eigenvalue weighted by molar-refractivity contribution is -0.145. The van der Waals surface area contributed by atoms with E-state index < -0.39 is 18.1 Å². The summed E-state index contributed by atoms with van der Waals surface area (Å²) in [5.41, 5.74) is 6.40. The number of nitrogens with two attached hydrogens (primary N) is 1. The van der Waals surface area contributed by atoms with Gasteiger partial charge in [-0.25, -0.2) is 4.79 Å². The first kappa shape index (κ1) is 15.2. The fourth-order valence-electron chi connectivity index (χ4n) is 1.73. The Morgan fingerprint density at radius 2 is 1.95 bits per heavy atom. The molecule has 19 heavy (non-hydrogen) atoms. The van der Waals surface area contributed by atoms with Gasteiger partial charge in [0, 0.05) is 0 Å². The van der Waals surface area contributed by atoms with Crippen LogP contribution in [-0.4, -0.2) is 25.0 Å². The Labute approximate surface area is 113 Å². The maximum Gasteiger partial charge on any atom is 0.333 e. The van der Waals surface area contributed by atoms with Crippen molar-refractivity contribution in [3.63, 3.8) is 0 Å². The molecule has 5 heteroatoms. The van der Waals surface area contributed by atoms with E-state index >= 15 is 0 Å². The van der Waals surface area contributed by atoms with Crippen LogP contribution in [0.5, 0.6) is 0 Å². The smallest absolute Gasteiger partial charge is 0.333 e. The first-order valence-electron chi connectivity index (χ1n) is 6.28. The molecule has 0 aromatic heterocycles. The maximum absolute atomic E-state index is 11.9. The predicted octanol–water partition coefficient (Wildman–Crippen LogP) is 1.14. The predicted molar refractivity (Wildman–Crippen MR) is 72.2 cm³/mol. The Bertz CT molecular complexity index is 420. The van der Waals surface area contributed by atoms with Crippen molar-refractivity contribution < 1.29 is 14.3 Å². The molecule has 0 aliphatic heterocycles. The Morgan fingerprint density at radius 1 is 1.32 bits per heavy atom. The van der Waals surface area contributed by atoms with Crippen molar-refractivity contribution in [3.05, 3.63) is 35.9 Å². The Hall–Kier alpha value is -1.88. The van der Waals surface area contributed by atoms with Gasteiger partial charge in [-0.15, -0.1) is 0 Å². The van der Waals surface area contributed by atoms with Gasteiger partial charge in [0.1, 0.15) is 0 Å². The van der Waals surface area contributed by atoms with Crippen molar-refractivity contribution in [1.29, 1.82) is 0 Å². The summed E-state index contributed by atoms with van der Waals surface area (Å²) in [6.07, 6.45) is 1.39. The van der Waals surface area contributed by atoms with Gasteiger partial charge in [0.2, 0.25) is 5.91 Å². The van der Waals surface area contributed by atoms with Crippen LogP contribution < -0.4 is 11.1 Å². The summed E-state index contributed by atoms with van der Waals surface area (Å²) in [5.74, 6) is -0.857. The molecule has 0 saturated heterocycles. The molecular formula is C14H20N2O3. The molecule has 2 atom stereocenters. The zero-order valence-corrected chi connectivity index (χ0v) is 11.3. The van der Waals surface area contributed by atoms with Crippen molar-refractivity contribution in [2.45, 2.75) is 31.8 Å². The van der Waals surface area contributed by atoms with Crippen molar-refractivity contribution in [1.82, 2.24) is 5.32 Å². The largest absolute Gasteiger partial charge is 0.467 e. The number of amides is 1. The summed E-state index contributed by atoms with van der Waals surface area (Å²) >= 11 is 0. The third-order valence-corrected chi connectivity index (χ3v) is 2.79. The zero-order chi connectivity index (χ0) is 14.3. The van der Waals surface area contributed by atoms with Crippen LogP contribution in [0.3, 0.4) is 0 Å². The molecule has 1 rings (SSSR count). The summed E-state index contributed by atoms with van der Waals surface area (Å²) < 4.78 is 4.71. The quantitative estimate of drug-likeness (QED) is 0.755. The first-order chi connectivity index (χ1) is 9.10. The lowest BCUT2D eigenvalue weighted by Crippen LogP contribution is -2.44. The topological polar surface area (TPSA) is 81.4 Å². The molecule has 0 fully saturated rings. The van der Waals surface area contributed by atoms with E-state index in [1.54, 1.807) is 24.3 Å². The van der Waals surface area contributed by atoms with Gasteiger partial charge >= 0.3 is 5.97 Å². The molecule has 104 valence electrons. The molecule has 0 aliphatic rings. The van der Waals surface area contributed by atoms with Crippen molar-refractivity contribution in [3.8, 4) is 0 Å². The van der Waals surface area contributed by atoms with E-state index in [2.05, 4.69) is 5.32 Å². The second kappa shape index (κ2) is 7.53. The Kier molecular flexibility index (Phi) is 6.02. The number of hydrogen-bond acceptors (Lipinski definition) is 4. The van der Waals surface area contributed by atoms with E-state index in [0.29, 0.717) is 12.0 Å². The van der Waals surface area contributed by atoms with E-state index in [1.807, 2.05) is 13.0 Å². The zero-order valence-electron chi connectivity index (χ0n) is 11.3. The Balaban J connectivity index is 2.82. The van der Waals surface area contributed by atoms with E-state index in [9.17, 15) is 9.59 Å². The normalized spacial score (nSPS) is 13.4. The highest BCUT2D eigenvalue weighted by atomic mass is 16.5. The Morgan fingerprint density at radius 3 is 2.47 bits per heavy atom. The number of ether oxygens (including phenoxy) is 1. The van der Waals surface area contributed by atoms with Crippen LogP contribution >= 0.6 is 0 Å². The first-order valence-corrected chi connectivity index (χ1v) is 6.28. The van der Waals surface area contributed by atoms with Gasteiger partial charge in [-0.05, 0) is 12.0 Å². The highest BCUT2D eigenvalue weighted by molar-refractivity contribution is 5.88. The van der Waals surface area contributed by atoms with Gasteiger partial charge in [0.05, 0.1) is 13.2 Å². The molecule has 0 aliphatic carbocycles. The average Bonchev–Trinajstić information content (AvgIpc) is 2.44. The van der Waals surface area contributed by atoms with E-state index in [-0.39, 0.29) is 5.91 Å². The highest BCUT2D eigenvalue weighted by Gasteiger charge is 2.25. The molecule has 2 unspecified atom stereocenters. The monoisotopic (exact) mass is 264 g/mol. The molecule has 5 nitrogen and oxygen atoms in total. The van der Waals surface area contributed by atoms with E-state index in [1.165, 1.54) is 7.11 Å². The second-order valence-electron chi connectivity index (χ2n) is 4.27. The van der Waals surface area contributed by atoms with Gasteiger partial charge in [-0.3, -0.25) is 4.79 Å². The number of rotatable bonds is 6. The molecule has 1 amide bonds. The van der Waals surface area contributed by atoms with Crippen LogP contribution in [0, 0.1) is 0 Å². The number of methoxy groups -OCH3 is 1. The molecule has 1 aromatic rings. The SMILES string of the molecule is CCCC(N)C(=O)NC(C(=O)OC)c1ccccc1. The van der Waals surface area contributed by atoms with Crippen LogP contribution in [0.15, 0.2) is 30.3 Å². The van der Waals surface area contributed by atoms with Gasteiger partial charge in [-0.1, -0.05) is 43.7 Å². The fourth-order valence-corrected chi connectivity index (χ4v) is 1.73. The van der Waals surface area contributed by atoms with Crippen LogP contribution in [0.2, 0.25) is 0 Å².